The van der Waals surface area contributed by atoms with E-state index in [-0.39, 0.29) is 53.0 Å². The van der Waals surface area contributed by atoms with Crippen LogP contribution in [0.3, 0.4) is 0 Å². The summed E-state index contributed by atoms with van der Waals surface area (Å²) in [5, 5.41) is 14.7. The number of amides is 3. The number of anilines is 4. The van der Waals surface area contributed by atoms with Crippen LogP contribution in [0, 0.1) is 19.3 Å². The van der Waals surface area contributed by atoms with Crippen LogP contribution < -0.4 is 21.3 Å². The molecule has 0 saturated heterocycles. The number of hydrogen-bond donors (Lipinski definition) is 4. The zero-order valence-electron chi connectivity index (χ0n) is 26.8. The maximum absolute atomic E-state index is 12.3. The van der Waals surface area contributed by atoms with Crippen molar-refractivity contribution in [2.75, 3.05) is 87.9 Å². The molecular formula is C30H43N7O9. The third-order valence-corrected chi connectivity index (χ3v) is 6.22. The molecule has 0 radical (unpaired) electrons. The summed E-state index contributed by atoms with van der Waals surface area (Å²) >= 11 is 0. The number of aryl methyl sites for hydroxylation is 2. The van der Waals surface area contributed by atoms with Gasteiger partial charge in [0, 0.05) is 53.3 Å². The summed E-state index contributed by atoms with van der Waals surface area (Å²) in [5.74, 6) is 0. The summed E-state index contributed by atoms with van der Waals surface area (Å²) in [4.78, 5) is 39.4. The average molecular weight is 646 g/mol. The molecule has 2 aromatic rings. The van der Waals surface area contributed by atoms with E-state index in [9.17, 15) is 14.4 Å². The summed E-state index contributed by atoms with van der Waals surface area (Å²) in [5.41, 5.74) is 11.9. The van der Waals surface area contributed by atoms with Gasteiger partial charge in [-0.2, -0.15) is 0 Å². The zero-order chi connectivity index (χ0) is 33.8. The Kier molecular flexibility index (Phi) is 16.5. The molecule has 1 unspecified atom stereocenters. The maximum atomic E-state index is 12.3. The highest BCUT2D eigenvalue weighted by atomic mass is 16.7. The molecule has 0 aliphatic carbocycles. The van der Waals surface area contributed by atoms with Crippen molar-refractivity contribution in [3.63, 3.8) is 0 Å². The van der Waals surface area contributed by atoms with Crippen LogP contribution in [0.2, 0.25) is 0 Å². The molecule has 46 heavy (non-hydrogen) atoms. The fraction of sp³-hybridized carbons (Fsp3) is 0.500. The summed E-state index contributed by atoms with van der Waals surface area (Å²) in [6.07, 6.45) is -2.04. The molecule has 1 atom stereocenters. The molecule has 2 aromatic carbocycles. The monoisotopic (exact) mass is 645 g/mol. The van der Waals surface area contributed by atoms with E-state index in [1.807, 2.05) is 32.0 Å². The number of hydrogen-bond acceptors (Lipinski definition) is 11. The van der Waals surface area contributed by atoms with Gasteiger partial charge in [0.15, 0.2) is 0 Å². The number of azide groups is 1. The minimum absolute atomic E-state index is 0.0235. The number of nitrogens with zero attached hydrogens (tertiary/aromatic N) is 3. The first kappa shape index (κ1) is 37.4. The van der Waals surface area contributed by atoms with Gasteiger partial charge in [-0.05, 0) is 61.7 Å². The topological polar surface area (TPSA) is 203 Å². The van der Waals surface area contributed by atoms with Crippen LogP contribution in [0.4, 0.5) is 37.1 Å². The third-order valence-electron chi connectivity index (χ3n) is 6.22. The molecule has 3 amide bonds. The average Bonchev–Trinajstić information content (AvgIpc) is 3.02. The van der Waals surface area contributed by atoms with Gasteiger partial charge in [-0.25, -0.2) is 14.4 Å². The first-order valence-corrected chi connectivity index (χ1v) is 14.5. The highest BCUT2D eigenvalue weighted by Crippen LogP contribution is 2.23. The van der Waals surface area contributed by atoms with E-state index in [1.165, 1.54) is 7.11 Å². The number of ether oxygens (including phenoxy) is 6. The number of carbonyl (C=O) groups is 3. The smallest absolute Gasteiger partial charge is 0.411 e. The van der Waals surface area contributed by atoms with Gasteiger partial charge in [-0.3, -0.25) is 16.0 Å². The van der Waals surface area contributed by atoms with Crippen LogP contribution in [-0.4, -0.2) is 84.9 Å². The predicted molar refractivity (Wildman–Crippen MR) is 172 cm³/mol. The fourth-order valence-electron chi connectivity index (χ4n) is 3.84. The van der Waals surface area contributed by atoms with Gasteiger partial charge >= 0.3 is 18.3 Å². The van der Waals surface area contributed by atoms with Crippen LogP contribution in [0.15, 0.2) is 41.5 Å². The Bertz CT molecular complexity index is 1340. The predicted octanol–water partition coefficient (Wildman–Crippen LogP) is 6.03. The second-order valence-corrected chi connectivity index (χ2v) is 10.4. The van der Waals surface area contributed by atoms with Crippen molar-refractivity contribution < 1.29 is 42.8 Å². The lowest BCUT2D eigenvalue weighted by Gasteiger charge is -2.26. The van der Waals surface area contributed by atoms with Gasteiger partial charge in [-0.15, -0.1) is 0 Å². The Morgan fingerprint density at radius 1 is 0.804 bits per heavy atom. The first-order chi connectivity index (χ1) is 22.1. The van der Waals surface area contributed by atoms with Crippen molar-refractivity contribution in [1.82, 2.24) is 0 Å². The molecule has 4 N–H and O–H groups in total. The standard InChI is InChI=1S/C30H43N7O9/c1-6-32-23-9-7-21(2)25(15-23)35-28(39)44-13-11-42-20-43-12-14-45-29(40)36-26-16-24(10-8-22(26)3)34-27(38)46-19-30(4,18-41-5)17-33-37-31/h7-10,15-16,32H,6,11-14,17-20H2,1-5H3,(H,34,38)(H,35,39)(H,36,40). The third kappa shape index (κ3) is 14.3. The van der Waals surface area contributed by atoms with Gasteiger partial charge in [0.2, 0.25) is 0 Å². The number of nitrogens with one attached hydrogen (secondary N) is 4. The molecule has 252 valence electrons. The molecule has 0 fully saturated rings. The quantitative estimate of drug-likeness (QED) is 0.0348. The van der Waals surface area contributed by atoms with Crippen LogP contribution in [-0.2, 0) is 28.4 Å². The molecule has 0 aliphatic heterocycles. The van der Waals surface area contributed by atoms with E-state index in [1.54, 1.807) is 32.0 Å². The molecule has 0 spiro atoms. The highest BCUT2D eigenvalue weighted by molar-refractivity contribution is 5.89. The largest absolute Gasteiger partial charge is 0.449 e. The van der Waals surface area contributed by atoms with Crippen molar-refractivity contribution in [2.45, 2.75) is 27.7 Å². The normalized spacial score (nSPS) is 11.8. The van der Waals surface area contributed by atoms with Crippen molar-refractivity contribution in [3.05, 3.63) is 58.0 Å². The van der Waals surface area contributed by atoms with Crippen molar-refractivity contribution in [2.24, 2.45) is 10.5 Å². The first-order valence-electron chi connectivity index (χ1n) is 14.5. The van der Waals surface area contributed by atoms with Gasteiger partial charge in [-0.1, -0.05) is 24.2 Å². The van der Waals surface area contributed by atoms with Crippen molar-refractivity contribution >= 4 is 41.0 Å². The van der Waals surface area contributed by atoms with Crippen LogP contribution in [0.1, 0.15) is 25.0 Å². The van der Waals surface area contributed by atoms with E-state index in [4.69, 9.17) is 34.0 Å². The Hall–Kier alpha value is -4.76. The molecule has 0 saturated carbocycles. The van der Waals surface area contributed by atoms with E-state index in [2.05, 4.69) is 31.3 Å². The lowest BCUT2D eigenvalue weighted by molar-refractivity contribution is -0.0705. The second-order valence-electron chi connectivity index (χ2n) is 10.4. The van der Waals surface area contributed by atoms with Crippen LogP contribution in [0.25, 0.3) is 10.4 Å². The van der Waals surface area contributed by atoms with Gasteiger partial charge in [0.25, 0.3) is 0 Å². The lowest BCUT2D eigenvalue weighted by Crippen LogP contribution is -2.33. The Balaban J connectivity index is 1.63. The molecular weight excluding hydrogens is 602 g/mol. The minimum atomic E-state index is -0.726. The van der Waals surface area contributed by atoms with Crippen molar-refractivity contribution in [3.8, 4) is 0 Å². The zero-order valence-corrected chi connectivity index (χ0v) is 26.8. The Labute approximate surface area is 268 Å². The van der Waals surface area contributed by atoms with E-state index < -0.39 is 23.7 Å². The molecule has 0 aromatic heterocycles. The van der Waals surface area contributed by atoms with E-state index in [0.717, 1.165) is 23.4 Å². The summed E-state index contributed by atoms with van der Waals surface area (Å²) in [6.45, 7) is 8.54. The molecule has 0 bridgehead atoms. The second kappa shape index (κ2) is 20.3. The highest BCUT2D eigenvalue weighted by Gasteiger charge is 2.26. The number of rotatable bonds is 19. The van der Waals surface area contributed by atoms with Gasteiger partial charge in [0.05, 0.1) is 19.8 Å². The lowest BCUT2D eigenvalue weighted by atomic mass is 9.93. The number of methoxy groups -OCH3 is 1. The van der Waals surface area contributed by atoms with E-state index in [0.29, 0.717) is 17.1 Å². The Morgan fingerprint density at radius 3 is 1.89 bits per heavy atom. The van der Waals surface area contributed by atoms with Crippen LogP contribution in [0.5, 0.6) is 0 Å². The number of carbonyl (C=O) groups excluding carboxylic acids is 3. The fourth-order valence-corrected chi connectivity index (χ4v) is 3.84. The molecule has 0 aliphatic rings. The van der Waals surface area contributed by atoms with E-state index >= 15 is 0 Å². The minimum Gasteiger partial charge on any atom is -0.449 e. The molecule has 2 rings (SSSR count). The molecule has 16 nitrogen and oxygen atoms in total. The summed E-state index contributed by atoms with van der Waals surface area (Å²) < 4.78 is 31.2. The summed E-state index contributed by atoms with van der Waals surface area (Å²) in [6, 6.07) is 10.6. The van der Waals surface area contributed by atoms with Crippen LogP contribution >= 0.6 is 0 Å². The maximum Gasteiger partial charge on any atom is 0.411 e. The van der Waals surface area contributed by atoms with Gasteiger partial charge in [0.1, 0.15) is 26.6 Å². The van der Waals surface area contributed by atoms with Gasteiger partial charge < -0.3 is 33.7 Å². The summed E-state index contributed by atoms with van der Waals surface area (Å²) in [7, 11) is 1.50. The molecule has 16 heteroatoms. The Morgan fingerprint density at radius 2 is 1.35 bits per heavy atom. The number of benzene rings is 2. The molecule has 0 heterocycles. The SMILES string of the molecule is CCNc1ccc(C)c(NC(=O)OCCOCOCCOC(=O)Nc2cc(NC(=O)OCC(C)(CN=[N+]=[N-])COC)ccc2C)c1. The van der Waals surface area contributed by atoms with Crippen molar-refractivity contribution in [1.29, 1.82) is 0 Å².